The minimum Gasteiger partial charge on any atom is -0.311 e. The molecule has 0 N–H and O–H groups in total. The molecule has 1 aromatic heterocycles. The molecule has 0 saturated heterocycles. The zero-order chi connectivity index (χ0) is 15.4. The van der Waals surface area contributed by atoms with Crippen LogP contribution in [0.15, 0.2) is 41.2 Å². The summed E-state index contributed by atoms with van der Waals surface area (Å²) in [7, 11) is 0. The topological polar surface area (TPSA) is 88.9 Å². The first-order valence-corrected chi connectivity index (χ1v) is 6.37. The fourth-order valence-electron chi connectivity index (χ4n) is 2.17. The zero-order valence-corrected chi connectivity index (χ0v) is 11.4. The molecule has 0 radical (unpaired) electrons. The molecule has 0 aliphatic rings. The number of aryl methyl sites for hydroxylation is 2. The molecule has 0 saturated carbocycles. The van der Waals surface area contributed by atoms with E-state index in [1.807, 2.05) is 6.07 Å². The molecule has 0 amide bonds. The highest BCUT2D eigenvalue weighted by Gasteiger charge is 2.13. The third-order valence-electron chi connectivity index (χ3n) is 3.31. The molecule has 6 nitrogen and oxygen atoms in total. The van der Waals surface area contributed by atoms with E-state index in [9.17, 15) is 14.9 Å². The largest absolute Gasteiger partial charge is 0.311 e. The van der Waals surface area contributed by atoms with Gasteiger partial charge in [0, 0.05) is 23.9 Å². The second-order valence-electron chi connectivity index (χ2n) is 4.59. The van der Waals surface area contributed by atoms with E-state index in [1.54, 1.807) is 31.2 Å². The second-order valence-corrected chi connectivity index (χ2v) is 4.59. The fraction of sp³-hybridized carbons (Fsp3) is 0.200. The quantitative estimate of drug-likeness (QED) is 0.635. The smallest absolute Gasteiger partial charge is 0.272 e. The van der Waals surface area contributed by atoms with Crippen LogP contribution in [-0.2, 0) is 13.0 Å². The number of nitro groups is 1. The zero-order valence-electron chi connectivity index (χ0n) is 11.4. The predicted molar refractivity (Wildman–Crippen MR) is 77.0 cm³/mol. The van der Waals surface area contributed by atoms with Crippen molar-refractivity contribution in [1.82, 2.24) is 4.57 Å². The van der Waals surface area contributed by atoms with Gasteiger partial charge in [0.15, 0.2) is 0 Å². The summed E-state index contributed by atoms with van der Waals surface area (Å²) in [6, 6.07) is 11.5. The predicted octanol–water partition coefficient (Wildman–Crippen LogP) is 2.18. The summed E-state index contributed by atoms with van der Waals surface area (Å²) in [4.78, 5) is 22.6. The summed E-state index contributed by atoms with van der Waals surface area (Å²) < 4.78 is 1.47. The van der Waals surface area contributed by atoms with Crippen LogP contribution in [0, 0.1) is 28.4 Å². The van der Waals surface area contributed by atoms with Crippen molar-refractivity contribution in [2.24, 2.45) is 0 Å². The molecule has 0 aliphatic carbocycles. The van der Waals surface area contributed by atoms with Crippen LogP contribution in [0.2, 0.25) is 0 Å². The summed E-state index contributed by atoms with van der Waals surface area (Å²) in [5.41, 5.74) is 1.03. The highest BCUT2D eigenvalue weighted by Crippen LogP contribution is 2.18. The van der Waals surface area contributed by atoms with E-state index in [4.69, 9.17) is 5.26 Å². The van der Waals surface area contributed by atoms with Gasteiger partial charge >= 0.3 is 0 Å². The molecular formula is C15H13N3O3. The van der Waals surface area contributed by atoms with Crippen LogP contribution in [0.1, 0.15) is 16.8 Å². The van der Waals surface area contributed by atoms with Gasteiger partial charge in [-0.05, 0) is 25.5 Å². The average molecular weight is 283 g/mol. The molecule has 21 heavy (non-hydrogen) atoms. The summed E-state index contributed by atoms with van der Waals surface area (Å²) >= 11 is 0. The maximum absolute atomic E-state index is 12.1. The Kier molecular flexibility index (Phi) is 4.14. The maximum Gasteiger partial charge on any atom is 0.272 e. The van der Waals surface area contributed by atoms with Crippen LogP contribution >= 0.6 is 0 Å². The number of hydrogen-bond acceptors (Lipinski definition) is 4. The Balaban J connectivity index is 2.32. The monoisotopic (exact) mass is 283 g/mol. The van der Waals surface area contributed by atoms with E-state index >= 15 is 0 Å². The van der Waals surface area contributed by atoms with E-state index in [0.29, 0.717) is 18.5 Å². The number of nitro benzene ring substituents is 1. The Morgan fingerprint density at radius 2 is 2.00 bits per heavy atom. The van der Waals surface area contributed by atoms with E-state index in [2.05, 4.69) is 0 Å². The number of nitriles is 1. The SMILES string of the molecule is Cc1ccc(C#N)c(=O)n1CCc1ccccc1[N+](=O)[O-]. The minimum absolute atomic E-state index is 0.0413. The second kappa shape index (κ2) is 6.01. The van der Waals surface area contributed by atoms with Crippen molar-refractivity contribution in [1.29, 1.82) is 5.26 Å². The van der Waals surface area contributed by atoms with E-state index in [1.165, 1.54) is 16.7 Å². The molecule has 1 heterocycles. The highest BCUT2D eigenvalue weighted by molar-refractivity contribution is 5.39. The molecule has 0 atom stereocenters. The normalized spacial score (nSPS) is 10.1. The van der Waals surface area contributed by atoms with E-state index in [0.717, 1.165) is 5.69 Å². The van der Waals surface area contributed by atoms with Gasteiger partial charge in [-0.3, -0.25) is 14.9 Å². The van der Waals surface area contributed by atoms with Crippen molar-refractivity contribution in [2.45, 2.75) is 19.9 Å². The van der Waals surface area contributed by atoms with Crippen molar-refractivity contribution in [3.8, 4) is 6.07 Å². The number of hydrogen-bond donors (Lipinski definition) is 0. The molecule has 0 bridgehead atoms. The first-order chi connectivity index (χ1) is 10.0. The lowest BCUT2D eigenvalue weighted by molar-refractivity contribution is -0.385. The van der Waals surface area contributed by atoms with Crippen LogP contribution < -0.4 is 5.56 Å². The van der Waals surface area contributed by atoms with E-state index in [-0.39, 0.29) is 16.8 Å². The van der Waals surface area contributed by atoms with Crippen molar-refractivity contribution in [3.05, 3.63) is 73.7 Å². The van der Waals surface area contributed by atoms with Crippen molar-refractivity contribution < 1.29 is 4.92 Å². The van der Waals surface area contributed by atoms with Crippen LogP contribution in [0.25, 0.3) is 0 Å². The molecule has 0 spiro atoms. The van der Waals surface area contributed by atoms with Crippen LogP contribution in [-0.4, -0.2) is 9.49 Å². The third-order valence-corrected chi connectivity index (χ3v) is 3.31. The number of rotatable bonds is 4. The Hall–Kier alpha value is -2.94. The van der Waals surface area contributed by atoms with Gasteiger partial charge < -0.3 is 4.57 Å². The van der Waals surface area contributed by atoms with Gasteiger partial charge in [0.05, 0.1) is 4.92 Å². The lowest BCUT2D eigenvalue weighted by Gasteiger charge is -2.10. The first-order valence-electron chi connectivity index (χ1n) is 6.37. The van der Waals surface area contributed by atoms with Gasteiger partial charge in [0.2, 0.25) is 0 Å². The molecule has 0 aliphatic heterocycles. The molecular weight excluding hydrogens is 270 g/mol. The Labute approximate surface area is 121 Å². The summed E-state index contributed by atoms with van der Waals surface area (Å²) in [5, 5.41) is 19.8. The third kappa shape index (κ3) is 2.98. The summed E-state index contributed by atoms with van der Waals surface area (Å²) in [6.45, 7) is 2.06. The van der Waals surface area contributed by atoms with Crippen LogP contribution in [0.5, 0.6) is 0 Å². The maximum atomic E-state index is 12.1. The number of nitrogens with zero attached hydrogens (tertiary/aromatic N) is 3. The first kappa shape index (κ1) is 14.5. The molecule has 106 valence electrons. The Bertz CT molecular complexity index is 787. The number of pyridine rings is 1. The van der Waals surface area contributed by atoms with Gasteiger partial charge in [-0.25, -0.2) is 0 Å². The van der Waals surface area contributed by atoms with Crippen molar-refractivity contribution >= 4 is 5.69 Å². The van der Waals surface area contributed by atoms with Crippen molar-refractivity contribution in [3.63, 3.8) is 0 Å². The molecule has 0 unspecified atom stereocenters. The number of para-hydroxylation sites is 1. The summed E-state index contributed by atoms with van der Waals surface area (Å²) in [5.74, 6) is 0. The molecule has 1 aromatic carbocycles. The minimum atomic E-state index is -0.434. The molecule has 6 heteroatoms. The molecule has 2 aromatic rings. The number of aromatic nitrogens is 1. The van der Waals surface area contributed by atoms with Gasteiger partial charge in [-0.2, -0.15) is 5.26 Å². The molecule has 0 fully saturated rings. The van der Waals surface area contributed by atoms with Crippen LogP contribution in [0.3, 0.4) is 0 Å². The Morgan fingerprint density at radius 1 is 1.29 bits per heavy atom. The fourth-order valence-corrected chi connectivity index (χ4v) is 2.17. The number of benzene rings is 1. The lowest BCUT2D eigenvalue weighted by Crippen LogP contribution is -2.25. The van der Waals surface area contributed by atoms with Gasteiger partial charge in [-0.1, -0.05) is 18.2 Å². The van der Waals surface area contributed by atoms with Gasteiger partial charge in [0.1, 0.15) is 11.6 Å². The standard InChI is InChI=1S/C15H13N3O3/c1-11-6-7-13(10-16)15(19)17(11)9-8-12-4-2-3-5-14(12)18(20)21/h2-7H,8-9H2,1H3. The van der Waals surface area contributed by atoms with Crippen LogP contribution in [0.4, 0.5) is 5.69 Å². The van der Waals surface area contributed by atoms with Gasteiger partial charge in [0.25, 0.3) is 11.2 Å². The van der Waals surface area contributed by atoms with Gasteiger partial charge in [-0.15, -0.1) is 0 Å². The summed E-state index contributed by atoms with van der Waals surface area (Å²) in [6.07, 6.45) is 0.354. The highest BCUT2D eigenvalue weighted by atomic mass is 16.6. The average Bonchev–Trinajstić information content (AvgIpc) is 2.47. The van der Waals surface area contributed by atoms with E-state index < -0.39 is 4.92 Å². The Morgan fingerprint density at radius 3 is 2.67 bits per heavy atom. The molecule has 2 rings (SSSR count). The van der Waals surface area contributed by atoms with Crippen molar-refractivity contribution in [2.75, 3.05) is 0 Å². The lowest BCUT2D eigenvalue weighted by atomic mass is 10.1.